The first-order valence-electron chi connectivity index (χ1n) is 10.8. The predicted octanol–water partition coefficient (Wildman–Crippen LogP) is 3.27. The average Bonchev–Trinajstić information content (AvgIpc) is 3.21. The molecule has 0 amide bonds. The van der Waals surface area contributed by atoms with Gasteiger partial charge >= 0.3 is 0 Å². The van der Waals surface area contributed by atoms with E-state index in [0.29, 0.717) is 0 Å². The van der Waals surface area contributed by atoms with Crippen LogP contribution in [0.5, 0.6) is 5.75 Å². The maximum absolute atomic E-state index is 5.51. The molecule has 1 fully saturated rings. The third kappa shape index (κ3) is 6.29. The van der Waals surface area contributed by atoms with Gasteiger partial charge in [-0.25, -0.2) is 4.98 Å². The van der Waals surface area contributed by atoms with Gasteiger partial charge in [0.05, 0.1) is 20.3 Å². The number of hydrogen-bond acceptors (Lipinski definition) is 5. The SMILES string of the molecule is CCn1ccnc1CN(CCOC)CC1CCN(Cc2ccccc2OC)CC1. The summed E-state index contributed by atoms with van der Waals surface area (Å²) >= 11 is 0. The summed E-state index contributed by atoms with van der Waals surface area (Å²) in [6, 6.07) is 8.36. The Morgan fingerprint density at radius 3 is 2.69 bits per heavy atom. The third-order valence-corrected chi connectivity index (χ3v) is 5.93. The van der Waals surface area contributed by atoms with E-state index in [9.17, 15) is 0 Å². The summed E-state index contributed by atoms with van der Waals surface area (Å²) in [5, 5.41) is 0. The van der Waals surface area contributed by atoms with Crippen molar-refractivity contribution < 1.29 is 9.47 Å². The van der Waals surface area contributed by atoms with Gasteiger partial charge in [-0.1, -0.05) is 18.2 Å². The summed E-state index contributed by atoms with van der Waals surface area (Å²) in [6.45, 7) is 10.1. The van der Waals surface area contributed by atoms with Crippen LogP contribution in [0.15, 0.2) is 36.7 Å². The van der Waals surface area contributed by atoms with Crippen LogP contribution in [-0.2, 0) is 24.4 Å². The van der Waals surface area contributed by atoms with Crippen LogP contribution in [0.3, 0.4) is 0 Å². The van der Waals surface area contributed by atoms with Crippen LogP contribution < -0.4 is 4.74 Å². The maximum atomic E-state index is 5.51. The van der Waals surface area contributed by atoms with Gasteiger partial charge in [0.2, 0.25) is 0 Å². The van der Waals surface area contributed by atoms with Gasteiger partial charge in [-0.05, 0) is 44.8 Å². The first-order valence-corrected chi connectivity index (χ1v) is 10.8. The van der Waals surface area contributed by atoms with Gasteiger partial charge in [-0.3, -0.25) is 9.80 Å². The van der Waals surface area contributed by atoms with Crippen LogP contribution in [0.2, 0.25) is 0 Å². The van der Waals surface area contributed by atoms with E-state index in [1.165, 1.54) is 18.4 Å². The van der Waals surface area contributed by atoms with E-state index in [1.54, 1.807) is 14.2 Å². The molecule has 2 aromatic rings. The second-order valence-electron chi connectivity index (χ2n) is 7.89. The fourth-order valence-corrected chi connectivity index (χ4v) is 4.20. The van der Waals surface area contributed by atoms with Crippen molar-refractivity contribution in [2.45, 2.75) is 39.4 Å². The van der Waals surface area contributed by atoms with Gasteiger partial charge in [0.1, 0.15) is 11.6 Å². The van der Waals surface area contributed by atoms with Gasteiger partial charge < -0.3 is 14.0 Å². The molecule has 2 heterocycles. The minimum absolute atomic E-state index is 0.728. The van der Waals surface area contributed by atoms with Crippen molar-refractivity contribution in [3.8, 4) is 5.75 Å². The van der Waals surface area contributed by atoms with E-state index >= 15 is 0 Å². The number of methoxy groups -OCH3 is 2. The smallest absolute Gasteiger partial charge is 0.123 e. The number of imidazole rings is 1. The molecule has 3 rings (SSSR count). The summed E-state index contributed by atoms with van der Waals surface area (Å²) in [4.78, 5) is 9.63. The molecular formula is C23H36N4O2. The standard InChI is InChI=1S/C23H36N4O2/c1-4-27-14-11-24-23(27)19-26(15-16-28-2)17-20-9-12-25(13-10-20)18-21-7-5-6-8-22(21)29-3/h5-8,11,14,20H,4,9-10,12-13,15-19H2,1-3H3. The van der Waals surface area contributed by atoms with Crippen molar-refractivity contribution in [3.05, 3.63) is 48.0 Å². The van der Waals surface area contributed by atoms with Crippen LogP contribution in [0.25, 0.3) is 0 Å². The Labute approximate surface area is 175 Å². The molecule has 1 aliphatic rings. The predicted molar refractivity (Wildman–Crippen MR) is 116 cm³/mol. The van der Waals surface area contributed by atoms with E-state index in [-0.39, 0.29) is 0 Å². The minimum atomic E-state index is 0.728. The van der Waals surface area contributed by atoms with Gasteiger partial charge in [0.25, 0.3) is 0 Å². The Balaban J connectivity index is 1.51. The molecule has 0 atom stereocenters. The minimum Gasteiger partial charge on any atom is -0.496 e. The highest BCUT2D eigenvalue weighted by Gasteiger charge is 2.23. The molecule has 0 unspecified atom stereocenters. The Kier molecular flexibility index (Phi) is 8.52. The largest absolute Gasteiger partial charge is 0.496 e. The number of aromatic nitrogens is 2. The zero-order chi connectivity index (χ0) is 20.5. The molecule has 0 N–H and O–H groups in total. The number of para-hydroxylation sites is 1. The molecule has 1 aliphatic heterocycles. The first kappa shape index (κ1) is 21.8. The molecule has 1 aromatic carbocycles. The molecular weight excluding hydrogens is 364 g/mol. The lowest BCUT2D eigenvalue weighted by atomic mass is 9.95. The molecule has 0 saturated carbocycles. The summed E-state index contributed by atoms with van der Waals surface area (Å²) < 4.78 is 13.1. The lowest BCUT2D eigenvalue weighted by molar-refractivity contribution is 0.104. The van der Waals surface area contributed by atoms with E-state index in [4.69, 9.17) is 9.47 Å². The van der Waals surface area contributed by atoms with Crippen molar-refractivity contribution in [2.75, 3.05) is 47.0 Å². The van der Waals surface area contributed by atoms with E-state index in [2.05, 4.69) is 50.7 Å². The highest BCUT2D eigenvalue weighted by molar-refractivity contribution is 5.33. The zero-order valence-electron chi connectivity index (χ0n) is 18.2. The fourth-order valence-electron chi connectivity index (χ4n) is 4.20. The van der Waals surface area contributed by atoms with Gasteiger partial charge in [-0.15, -0.1) is 0 Å². The number of aryl methyl sites for hydroxylation is 1. The zero-order valence-corrected chi connectivity index (χ0v) is 18.2. The van der Waals surface area contributed by atoms with Crippen molar-refractivity contribution in [1.82, 2.24) is 19.4 Å². The number of piperidine rings is 1. The summed E-state index contributed by atoms with van der Waals surface area (Å²) in [5.74, 6) is 2.87. The molecule has 1 saturated heterocycles. The molecule has 6 nitrogen and oxygen atoms in total. The van der Waals surface area contributed by atoms with Crippen LogP contribution in [0.4, 0.5) is 0 Å². The van der Waals surface area contributed by atoms with Gasteiger partial charge in [0.15, 0.2) is 0 Å². The second-order valence-corrected chi connectivity index (χ2v) is 7.89. The van der Waals surface area contributed by atoms with Crippen molar-refractivity contribution in [3.63, 3.8) is 0 Å². The monoisotopic (exact) mass is 400 g/mol. The Morgan fingerprint density at radius 1 is 1.17 bits per heavy atom. The van der Waals surface area contributed by atoms with Crippen molar-refractivity contribution in [2.24, 2.45) is 5.92 Å². The van der Waals surface area contributed by atoms with E-state index in [0.717, 1.165) is 69.9 Å². The molecule has 0 bridgehead atoms. The normalized spacial score (nSPS) is 15.9. The van der Waals surface area contributed by atoms with E-state index in [1.807, 2.05) is 12.3 Å². The molecule has 0 spiro atoms. The molecule has 160 valence electrons. The molecule has 0 aliphatic carbocycles. The fraction of sp³-hybridized carbons (Fsp3) is 0.609. The molecule has 1 aromatic heterocycles. The molecule has 6 heteroatoms. The number of benzene rings is 1. The van der Waals surface area contributed by atoms with Gasteiger partial charge in [0, 0.05) is 51.2 Å². The van der Waals surface area contributed by atoms with Gasteiger partial charge in [-0.2, -0.15) is 0 Å². The number of nitrogens with zero attached hydrogens (tertiary/aromatic N) is 4. The summed E-state index contributed by atoms with van der Waals surface area (Å²) in [6.07, 6.45) is 6.45. The van der Waals surface area contributed by atoms with Crippen LogP contribution >= 0.6 is 0 Å². The lowest BCUT2D eigenvalue weighted by Gasteiger charge is -2.35. The van der Waals surface area contributed by atoms with Crippen molar-refractivity contribution >= 4 is 0 Å². The molecule has 29 heavy (non-hydrogen) atoms. The topological polar surface area (TPSA) is 42.8 Å². The van der Waals surface area contributed by atoms with Crippen LogP contribution in [-0.4, -0.2) is 66.4 Å². The number of likely N-dealkylation sites (tertiary alicyclic amines) is 1. The Hall–Kier alpha value is -1.89. The third-order valence-electron chi connectivity index (χ3n) is 5.93. The maximum Gasteiger partial charge on any atom is 0.123 e. The van der Waals surface area contributed by atoms with Crippen LogP contribution in [0.1, 0.15) is 31.2 Å². The highest BCUT2D eigenvalue weighted by Crippen LogP contribution is 2.24. The number of hydrogen-bond donors (Lipinski definition) is 0. The highest BCUT2D eigenvalue weighted by atomic mass is 16.5. The van der Waals surface area contributed by atoms with Crippen molar-refractivity contribution in [1.29, 1.82) is 0 Å². The van der Waals surface area contributed by atoms with Crippen LogP contribution in [0, 0.1) is 5.92 Å². The van der Waals surface area contributed by atoms with E-state index < -0.39 is 0 Å². The number of ether oxygens (including phenoxy) is 2. The second kappa shape index (κ2) is 11.3. The molecule has 0 radical (unpaired) electrons. The lowest BCUT2D eigenvalue weighted by Crippen LogP contribution is -2.39. The summed E-state index contributed by atoms with van der Waals surface area (Å²) in [7, 11) is 3.53. The Bertz CT molecular complexity index is 725. The Morgan fingerprint density at radius 2 is 1.97 bits per heavy atom. The quantitative estimate of drug-likeness (QED) is 0.579. The number of rotatable bonds is 11. The first-order chi connectivity index (χ1) is 14.2. The average molecular weight is 401 g/mol. The summed E-state index contributed by atoms with van der Waals surface area (Å²) in [5.41, 5.74) is 1.28.